The first kappa shape index (κ1) is 26.4. The third-order valence-electron chi connectivity index (χ3n) is 6.15. The average Bonchev–Trinajstić information content (AvgIpc) is 3.22. The van der Waals surface area contributed by atoms with Gasteiger partial charge < -0.3 is 10.2 Å². The van der Waals surface area contributed by atoms with Crippen LogP contribution in [-0.4, -0.2) is 39.6 Å². The molecule has 0 atom stereocenters. The van der Waals surface area contributed by atoms with Gasteiger partial charge >= 0.3 is 0 Å². The summed E-state index contributed by atoms with van der Waals surface area (Å²) in [4.78, 5) is 28.3. The quantitative estimate of drug-likeness (QED) is 0.245. The average molecular weight is 560 g/mol. The van der Waals surface area contributed by atoms with Gasteiger partial charge in [0.05, 0.1) is 11.4 Å². The minimum Gasteiger partial charge on any atom is -0.329 e. The maximum absolute atomic E-state index is 13.5. The molecule has 0 aliphatic carbocycles. The van der Waals surface area contributed by atoms with E-state index in [9.17, 15) is 9.59 Å². The molecule has 2 amide bonds. The fourth-order valence-electron chi connectivity index (χ4n) is 4.19. The molecule has 0 unspecified atom stereocenters. The second-order valence-corrected chi connectivity index (χ2v) is 9.97. The van der Waals surface area contributed by atoms with Gasteiger partial charge in [-0.25, -0.2) is 4.68 Å². The Kier molecular flexibility index (Phi) is 8.56. The van der Waals surface area contributed by atoms with Gasteiger partial charge in [0.1, 0.15) is 12.4 Å². The van der Waals surface area contributed by atoms with Crippen LogP contribution in [-0.2, 0) is 4.79 Å². The van der Waals surface area contributed by atoms with Crippen molar-refractivity contribution in [3.8, 4) is 16.8 Å². The van der Waals surface area contributed by atoms with Crippen LogP contribution in [0.5, 0.6) is 0 Å². The molecule has 4 aromatic rings. The molecule has 190 valence electrons. The lowest BCUT2D eigenvalue weighted by Crippen LogP contribution is -2.39. The number of benzene rings is 3. The first-order chi connectivity index (χ1) is 17.9. The Morgan fingerprint density at radius 1 is 0.946 bits per heavy atom. The lowest BCUT2D eigenvalue weighted by atomic mass is 10.1. The van der Waals surface area contributed by atoms with E-state index >= 15 is 0 Å². The Labute approximate surface area is 226 Å². The Balaban J connectivity index is 1.66. The van der Waals surface area contributed by atoms with Gasteiger partial charge in [0.25, 0.3) is 5.91 Å². The molecule has 1 N–H and O–H groups in total. The van der Waals surface area contributed by atoms with Crippen molar-refractivity contribution in [1.82, 2.24) is 14.7 Å². The van der Waals surface area contributed by atoms with Crippen molar-refractivity contribution in [3.05, 3.63) is 100 Å². The van der Waals surface area contributed by atoms with E-state index in [1.165, 1.54) is 0 Å². The van der Waals surface area contributed by atoms with Crippen LogP contribution in [0.4, 0.5) is 5.82 Å². The highest BCUT2D eigenvalue weighted by Crippen LogP contribution is 2.33. The predicted octanol–water partition coefficient (Wildman–Crippen LogP) is 6.80. The molecule has 6 nitrogen and oxygen atoms in total. The summed E-state index contributed by atoms with van der Waals surface area (Å²) in [6.07, 6.45) is 1.73. The van der Waals surface area contributed by atoms with Gasteiger partial charge in [-0.1, -0.05) is 77.3 Å². The minimum absolute atomic E-state index is 0.0543. The number of amides is 2. The van der Waals surface area contributed by atoms with Gasteiger partial charge in [-0.2, -0.15) is 5.10 Å². The van der Waals surface area contributed by atoms with E-state index in [4.69, 9.17) is 5.10 Å². The number of carbonyl (C=O) groups excluding carboxylic acids is 2. The van der Waals surface area contributed by atoms with Gasteiger partial charge in [0.15, 0.2) is 0 Å². The summed E-state index contributed by atoms with van der Waals surface area (Å²) in [5.41, 5.74) is 5.16. The summed E-state index contributed by atoms with van der Waals surface area (Å²) in [6.45, 7) is 6.48. The molecule has 0 fully saturated rings. The zero-order chi connectivity index (χ0) is 26.4. The lowest BCUT2D eigenvalue weighted by molar-refractivity contribution is -0.116. The van der Waals surface area contributed by atoms with Gasteiger partial charge in [0, 0.05) is 22.1 Å². The SMILES string of the molecule is CCCCN(CC(=O)Nc1c(-c2ccccc2)c(C)nn1-c1ccc(C)cc1)C(=O)c1ccc(Br)cc1. The highest BCUT2D eigenvalue weighted by Gasteiger charge is 2.23. The van der Waals surface area contributed by atoms with Gasteiger partial charge in [-0.3, -0.25) is 9.59 Å². The molecule has 0 bridgehead atoms. The number of rotatable bonds is 9. The van der Waals surface area contributed by atoms with E-state index in [1.54, 1.807) is 21.7 Å². The van der Waals surface area contributed by atoms with Gasteiger partial charge in [0.2, 0.25) is 5.91 Å². The van der Waals surface area contributed by atoms with Crippen molar-refractivity contribution < 1.29 is 9.59 Å². The maximum atomic E-state index is 13.5. The monoisotopic (exact) mass is 558 g/mol. The fourth-order valence-corrected chi connectivity index (χ4v) is 4.45. The predicted molar refractivity (Wildman–Crippen MR) is 152 cm³/mol. The topological polar surface area (TPSA) is 67.2 Å². The Morgan fingerprint density at radius 2 is 1.62 bits per heavy atom. The molecule has 37 heavy (non-hydrogen) atoms. The second kappa shape index (κ2) is 12.0. The Bertz CT molecular complexity index is 1360. The molecule has 0 aliphatic heterocycles. The normalized spacial score (nSPS) is 10.8. The number of nitrogens with one attached hydrogen (secondary N) is 1. The second-order valence-electron chi connectivity index (χ2n) is 9.06. The number of halogens is 1. The molecule has 1 aromatic heterocycles. The summed E-state index contributed by atoms with van der Waals surface area (Å²) >= 11 is 3.41. The first-order valence-corrected chi connectivity index (χ1v) is 13.2. The lowest BCUT2D eigenvalue weighted by Gasteiger charge is -2.22. The van der Waals surface area contributed by atoms with E-state index in [0.29, 0.717) is 17.9 Å². The molecule has 4 rings (SSSR count). The van der Waals surface area contributed by atoms with Crippen LogP contribution in [0.15, 0.2) is 83.3 Å². The zero-order valence-electron chi connectivity index (χ0n) is 21.4. The van der Waals surface area contributed by atoms with E-state index in [2.05, 4.69) is 28.2 Å². The smallest absolute Gasteiger partial charge is 0.254 e. The number of hydrogen-bond donors (Lipinski definition) is 1. The van der Waals surface area contributed by atoms with E-state index in [-0.39, 0.29) is 18.4 Å². The van der Waals surface area contributed by atoms with Crippen LogP contribution in [0.2, 0.25) is 0 Å². The van der Waals surface area contributed by atoms with Crippen molar-refractivity contribution in [3.63, 3.8) is 0 Å². The number of aryl methyl sites for hydroxylation is 2. The summed E-state index contributed by atoms with van der Waals surface area (Å²) in [6, 6.07) is 25.1. The van der Waals surface area contributed by atoms with E-state index in [0.717, 1.165) is 45.4 Å². The molecule has 1 heterocycles. The molecular weight excluding hydrogens is 528 g/mol. The number of unbranched alkanes of at least 4 members (excludes halogenated alkanes) is 1. The Morgan fingerprint density at radius 3 is 2.27 bits per heavy atom. The van der Waals surface area contributed by atoms with E-state index < -0.39 is 0 Å². The van der Waals surface area contributed by atoms with Crippen molar-refractivity contribution in [2.24, 2.45) is 0 Å². The molecule has 7 heteroatoms. The van der Waals surface area contributed by atoms with Crippen molar-refractivity contribution >= 4 is 33.6 Å². The van der Waals surface area contributed by atoms with Crippen molar-refractivity contribution in [1.29, 1.82) is 0 Å². The molecule has 3 aromatic carbocycles. The molecular formula is C30H31BrN4O2. The number of carbonyl (C=O) groups is 2. The van der Waals surface area contributed by atoms with Gasteiger partial charge in [-0.15, -0.1) is 0 Å². The van der Waals surface area contributed by atoms with Crippen LogP contribution in [0.1, 0.15) is 41.4 Å². The molecule has 0 radical (unpaired) electrons. The molecule has 0 saturated heterocycles. The number of hydrogen-bond acceptors (Lipinski definition) is 3. The molecule has 0 aliphatic rings. The van der Waals surface area contributed by atoms with Crippen LogP contribution >= 0.6 is 15.9 Å². The number of nitrogens with zero attached hydrogens (tertiary/aromatic N) is 3. The largest absolute Gasteiger partial charge is 0.329 e. The van der Waals surface area contributed by atoms with Crippen LogP contribution < -0.4 is 5.32 Å². The zero-order valence-corrected chi connectivity index (χ0v) is 23.0. The standard InChI is InChI=1S/C30H31BrN4O2/c1-4-5-19-34(30(37)24-13-15-25(31)16-14-24)20-27(36)32-29-28(23-9-7-6-8-10-23)22(3)33-35(29)26-17-11-21(2)12-18-26/h6-18H,4-5,19-20H2,1-3H3,(H,32,36). The Hall–Kier alpha value is -3.71. The summed E-state index contributed by atoms with van der Waals surface area (Å²) < 4.78 is 2.66. The summed E-state index contributed by atoms with van der Waals surface area (Å²) in [5, 5.41) is 7.87. The summed E-state index contributed by atoms with van der Waals surface area (Å²) in [7, 11) is 0. The number of aromatic nitrogens is 2. The first-order valence-electron chi connectivity index (χ1n) is 12.4. The van der Waals surface area contributed by atoms with Crippen molar-refractivity contribution in [2.75, 3.05) is 18.4 Å². The molecule has 0 spiro atoms. The van der Waals surface area contributed by atoms with Crippen molar-refractivity contribution in [2.45, 2.75) is 33.6 Å². The third kappa shape index (κ3) is 6.35. The third-order valence-corrected chi connectivity index (χ3v) is 6.68. The number of anilines is 1. The molecule has 0 saturated carbocycles. The highest BCUT2D eigenvalue weighted by atomic mass is 79.9. The van der Waals surface area contributed by atoms with Crippen LogP contribution in [0, 0.1) is 13.8 Å². The van der Waals surface area contributed by atoms with E-state index in [1.807, 2.05) is 80.6 Å². The van der Waals surface area contributed by atoms with Crippen LogP contribution in [0.25, 0.3) is 16.8 Å². The van der Waals surface area contributed by atoms with Crippen LogP contribution in [0.3, 0.4) is 0 Å². The highest BCUT2D eigenvalue weighted by molar-refractivity contribution is 9.10. The minimum atomic E-state index is -0.271. The summed E-state index contributed by atoms with van der Waals surface area (Å²) in [5.74, 6) is 0.152. The maximum Gasteiger partial charge on any atom is 0.254 e. The fraction of sp³-hybridized carbons (Fsp3) is 0.233. The van der Waals surface area contributed by atoms with Gasteiger partial charge in [-0.05, 0) is 62.2 Å².